The number of rotatable bonds is 6. The van der Waals surface area contributed by atoms with E-state index in [9.17, 15) is 19.5 Å². The van der Waals surface area contributed by atoms with E-state index < -0.39 is 35.4 Å². The van der Waals surface area contributed by atoms with Gasteiger partial charge in [0.15, 0.2) is 0 Å². The van der Waals surface area contributed by atoms with E-state index in [0.29, 0.717) is 18.4 Å². The van der Waals surface area contributed by atoms with Crippen LogP contribution in [0.15, 0.2) is 18.2 Å². The first-order valence-corrected chi connectivity index (χ1v) is 9.18. The average molecular weight is 377 g/mol. The number of carbonyl (C=O) groups excluding carboxylic acids is 3. The zero-order chi connectivity index (χ0) is 20.2. The first-order valence-electron chi connectivity index (χ1n) is 9.18. The fourth-order valence-electron chi connectivity index (χ4n) is 3.73. The molecular formula is C20H27NO6. The van der Waals surface area contributed by atoms with Gasteiger partial charge in [-0.1, -0.05) is 23.8 Å². The van der Waals surface area contributed by atoms with Gasteiger partial charge >= 0.3 is 11.9 Å². The summed E-state index contributed by atoms with van der Waals surface area (Å²) >= 11 is 0. The normalized spacial score (nSPS) is 19.0. The maximum Gasteiger partial charge on any atom is 0.344 e. The van der Waals surface area contributed by atoms with Gasteiger partial charge in [-0.25, -0.2) is 9.59 Å². The number of hydrogen-bond acceptors (Lipinski definition) is 6. The third-order valence-corrected chi connectivity index (χ3v) is 4.85. The van der Waals surface area contributed by atoms with Gasteiger partial charge in [0, 0.05) is 12.8 Å². The van der Waals surface area contributed by atoms with E-state index in [1.165, 1.54) is 6.92 Å². The van der Waals surface area contributed by atoms with Gasteiger partial charge in [-0.3, -0.25) is 4.79 Å². The largest absolute Gasteiger partial charge is 0.464 e. The number of hydrogen-bond donors (Lipinski definition) is 2. The lowest BCUT2D eigenvalue weighted by Crippen LogP contribution is -2.67. The second-order valence-corrected chi connectivity index (χ2v) is 6.72. The van der Waals surface area contributed by atoms with E-state index in [0.717, 1.165) is 11.1 Å². The van der Waals surface area contributed by atoms with Gasteiger partial charge < -0.3 is 19.9 Å². The zero-order valence-corrected chi connectivity index (χ0v) is 16.2. The minimum Gasteiger partial charge on any atom is -0.464 e. The van der Waals surface area contributed by atoms with Crippen molar-refractivity contribution in [1.82, 2.24) is 5.32 Å². The van der Waals surface area contributed by atoms with E-state index in [4.69, 9.17) is 9.47 Å². The van der Waals surface area contributed by atoms with Crippen LogP contribution in [0.3, 0.4) is 0 Å². The number of aliphatic hydroxyl groups excluding tert-OH is 1. The molecule has 2 rings (SSSR count). The van der Waals surface area contributed by atoms with E-state index in [1.54, 1.807) is 19.9 Å². The Labute approximate surface area is 159 Å². The Bertz CT molecular complexity index is 711. The molecule has 0 saturated carbocycles. The maximum atomic E-state index is 12.9. The fraction of sp³-hybridized carbons (Fsp3) is 0.550. The van der Waals surface area contributed by atoms with Crippen LogP contribution in [0.2, 0.25) is 0 Å². The zero-order valence-electron chi connectivity index (χ0n) is 16.2. The molecule has 2 N–H and O–H groups in total. The summed E-state index contributed by atoms with van der Waals surface area (Å²) in [5.41, 5.74) is 0.562. The van der Waals surface area contributed by atoms with E-state index >= 15 is 0 Å². The summed E-state index contributed by atoms with van der Waals surface area (Å²) < 4.78 is 10.2. The maximum absolute atomic E-state index is 12.9. The number of carbonyl (C=O) groups is 3. The van der Waals surface area contributed by atoms with Crippen LogP contribution in [0.25, 0.3) is 0 Å². The van der Waals surface area contributed by atoms with Crippen LogP contribution in [0, 0.1) is 12.8 Å². The topological polar surface area (TPSA) is 102 Å². The molecule has 7 nitrogen and oxygen atoms in total. The number of amides is 1. The van der Waals surface area contributed by atoms with Crippen molar-refractivity contribution in [3.63, 3.8) is 0 Å². The SMILES string of the molecule is CCOC(=O)C(NC(C)=O)(C(=O)OCC)C1CCc2cc(C)ccc2C1O. The molecule has 1 aromatic carbocycles. The molecule has 0 heterocycles. The summed E-state index contributed by atoms with van der Waals surface area (Å²) in [6.45, 7) is 6.43. The van der Waals surface area contributed by atoms with Gasteiger partial charge in [-0.2, -0.15) is 0 Å². The van der Waals surface area contributed by atoms with Crippen molar-refractivity contribution in [2.24, 2.45) is 5.92 Å². The summed E-state index contributed by atoms with van der Waals surface area (Å²) in [5.74, 6) is -3.33. The van der Waals surface area contributed by atoms with E-state index in [2.05, 4.69) is 5.32 Å². The van der Waals surface area contributed by atoms with Gasteiger partial charge in [0.1, 0.15) is 0 Å². The van der Waals surface area contributed by atoms with Crippen LogP contribution in [-0.4, -0.2) is 41.7 Å². The van der Waals surface area contributed by atoms with Crippen molar-refractivity contribution >= 4 is 17.8 Å². The summed E-state index contributed by atoms with van der Waals surface area (Å²) in [6.07, 6.45) is -0.260. The number of nitrogens with one attached hydrogen (secondary N) is 1. The van der Waals surface area contributed by atoms with Crippen molar-refractivity contribution in [2.45, 2.75) is 52.2 Å². The van der Waals surface area contributed by atoms with Crippen molar-refractivity contribution in [2.75, 3.05) is 13.2 Å². The van der Waals surface area contributed by atoms with Crippen LogP contribution in [0.5, 0.6) is 0 Å². The molecule has 0 aliphatic heterocycles. The van der Waals surface area contributed by atoms with Crippen molar-refractivity contribution in [1.29, 1.82) is 0 Å². The van der Waals surface area contributed by atoms with Gasteiger partial charge in [0.25, 0.3) is 0 Å². The fourth-order valence-corrected chi connectivity index (χ4v) is 3.73. The van der Waals surface area contributed by atoms with Crippen LogP contribution in [-0.2, 0) is 30.3 Å². The van der Waals surface area contributed by atoms with Gasteiger partial charge in [-0.15, -0.1) is 0 Å². The highest BCUT2D eigenvalue weighted by Crippen LogP contribution is 2.42. The van der Waals surface area contributed by atoms with E-state index in [1.807, 2.05) is 19.1 Å². The molecule has 0 aromatic heterocycles. The number of ether oxygens (including phenoxy) is 2. The van der Waals surface area contributed by atoms with Gasteiger partial charge in [0.2, 0.25) is 11.4 Å². The Balaban J connectivity index is 2.57. The average Bonchev–Trinajstić information content (AvgIpc) is 2.60. The highest BCUT2D eigenvalue weighted by Gasteiger charge is 2.59. The molecule has 2 unspecified atom stereocenters. The number of esters is 2. The predicted molar refractivity (Wildman–Crippen MR) is 97.8 cm³/mol. The first-order chi connectivity index (χ1) is 12.8. The summed E-state index contributed by atoms with van der Waals surface area (Å²) in [4.78, 5) is 37.7. The Morgan fingerprint density at radius 1 is 1.19 bits per heavy atom. The predicted octanol–water partition coefficient (Wildman–Crippen LogP) is 1.59. The Morgan fingerprint density at radius 3 is 2.30 bits per heavy atom. The van der Waals surface area contributed by atoms with Crippen molar-refractivity contribution in [3.8, 4) is 0 Å². The molecule has 7 heteroatoms. The monoisotopic (exact) mass is 377 g/mol. The molecule has 0 bridgehead atoms. The van der Waals surface area contributed by atoms with Gasteiger partial charge in [0.05, 0.1) is 19.3 Å². The molecule has 27 heavy (non-hydrogen) atoms. The van der Waals surface area contributed by atoms with Gasteiger partial charge in [-0.05, 0) is 44.7 Å². The second kappa shape index (κ2) is 8.52. The standard InChI is InChI=1S/C20H27NO6/c1-5-26-18(24)20(21-13(4)22,19(25)27-6-2)16-10-8-14-11-12(3)7-9-15(14)17(16)23/h7,9,11,16-17,23H,5-6,8,10H2,1-4H3,(H,21,22). The summed E-state index contributed by atoms with van der Waals surface area (Å²) in [6, 6.07) is 5.62. The van der Waals surface area contributed by atoms with Crippen LogP contribution >= 0.6 is 0 Å². The molecule has 0 fully saturated rings. The van der Waals surface area contributed by atoms with E-state index in [-0.39, 0.29) is 13.2 Å². The second-order valence-electron chi connectivity index (χ2n) is 6.72. The summed E-state index contributed by atoms with van der Waals surface area (Å²) in [7, 11) is 0. The Kier molecular flexibility index (Phi) is 6.59. The lowest BCUT2D eigenvalue weighted by atomic mass is 9.70. The highest BCUT2D eigenvalue weighted by atomic mass is 16.6. The molecule has 0 spiro atoms. The first kappa shape index (κ1) is 20.9. The van der Waals surface area contributed by atoms with Crippen LogP contribution in [0.1, 0.15) is 50.0 Å². The van der Waals surface area contributed by atoms with Crippen LogP contribution < -0.4 is 5.32 Å². The minimum absolute atomic E-state index is 0.0260. The summed E-state index contributed by atoms with van der Waals surface area (Å²) in [5, 5.41) is 13.5. The molecule has 1 aliphatic carbocycles. The molecule has 1 aliphatic rings. The number of aliphatic hydroxyl groups is 1. The molecule has 148 valence electrons. The van der Waals surface area contributed by atoms with Crippen molar-refractivity contribution in [3.05, 3.63) is 34.9 Å². The number of aryl methyl sites for hydroxylation is 2. The smallest absolute Gasteiger partial charge is 0.344 e. The van der Waals surface area contributed by atoms with Crippen LogP contribution in [0.4, 0.5) is 0 Å². The third-order valence-electron chi connectivity index (χ3n) is 4.85. The molecule has 1 aromatic rings. The lowest BCUT2D eigenvalue weighted by Gasteiger charge is -2.41. The highest BCUT2D eigenvalue weighted by molar-refractivity contribution is 6.08. The third kappa shape index (κ3) is 3.98. The Hall–Kier alpha value is -2.41. The quantitative estimate of drug-likeness (QED) is 0.577. The number of benzene rings is 1. The number of fused-ring (bicyclic) bond motifs is 1. The lowest BCUT2D eigenvalue weighted by molar-refractivity contribution is -0.175. The molecule has 2 atom stereocenters. The minimum atomic E-state index is -2.10. The molecule has 0 saturated heterocycles. The molecule has 0 radical (unpaired) electrons. The molecular weight excluding hydrogens is 350 g/mol. The van der Waals surface area contributed by atoms with Crippen molar-refractivity contribution < 1.29 is 29.0 Å². The Morgan fingerprint density at radius 2 is 1.78 bits per heavy atom. The molecule has 1 amide bonds.